The summed E-state index contributed by atoms with van der Waals surface area (Å²) in [7, 11) is 0. The lowest BCUT2D eigenvalue weighted by Crippen LogP contribution is -2.31. The van der Waals surface area contributed by atoms with Gasteiger partial charge in [0.1, 0.15) is 0 Å². The van der Waals surface area contributed by atoms with Crippen molar-refractivity contribution in [1.82, 2.24) is 4.90 Å². The molecule has 1 N–H and O–H groups in total. The summed E-state index contributed by atoms with van der Waals surface area (Å²) < 4.78 is 26.3. The molecule has 0 aromatic heterocycles. The molecule has 6 heteroatoms. The Hall–Kier alpha value is -1.20. The average molecular weight is 302 g/mol. The Labute approximate surface area is 120 Å². The highest BCUT2D eigenvalue weighted by molar-refractivity contribution is 6.33. The highest BCUT2D eigenvalue weighted by Crippen LogP contribution is 2.38. The summed E-state index contributed by atoms with van der Waals surface area (Å²) >= 11 is 5.82. The van der Waals surface area contributed by atoms with Crippen LogP contribution < -0.4 is 0 Å². The molecule has 1 aliphatic carbocycles. The fourth-order valence-corrected chi connectivity index (χ4v) is 3.49. The minimum Gasteiger partial charge on any atom is -0.393 e. The van der Waals surface area contributed by atoms with Gasteiger partial charge in [0.15, 0.2) is 11.6 Å². The normalized spacial score (nSPS) is 28.8. The number of nitrogens with zero attached hydrogens (tertiary/aromatic N) is 1. The van der Waals surface area contributed by atoms with Crippen LogP contribution in [0.3, 0.4) is 0 Å². The third kappa shape index (κ3) is 2.19. The monoisotopic (exact) mass is 301 g/mol. The van der Waals surface area contributed by atoms with Crippen molar-refractivity contribution in [2.45, 2.75) is 18.9 Å². The topological polar surface area (TPSA) is 40.5 Å². The third-order valence-electron chi connectivity index (χ3n) is 4.35. The summed E-state index contributed by atoms with van der Waals surface area (Å²) in [5, 5.41) is 9.74. The van der Waals surface area contributed by atoms with E-state index in [-0.39, 0.29) is 28.5 Å². The van der Waals surface area contributed by atoms with E-state index in [0.29, 0.717) is 13.1 Å². The van der Waals surface area contributed by atoms with E-state index in [1.807, 2.05) is 0 Å². The van der Waals surface area contributed by atoms with Crippen LogP contribution in [0.25, 0.3) is 0 Å². The number of benzene rings is 1. The first-order valence-electron chi connectivity index (χ1n) is 6.59. The van der Waals surface area contributed by atoms with E-state index in [0.717, 1.165) is 25.0 Å². The number of aliphatic hydroxyl groups is 1. The molecule has 20 heavy (non-hydrogen) atoms. The zero-order valence-corrected chi connectivity index (χ0v) is 11.4. The van der Waals surface area contributed by atoms with Gasteiger partial charge in [-0.05, 0) is 30.9 Å². The van der Waals surface area contributed by atoms with Crippen molar-refractivity contribution in [3.05, 3.63) is 34.4 Å². The molecule has 3 nitrogen and oxygen atoms in total. The van der Waals surface area contributed by atoms with Crippen LogP contribution in [0, 0.1) is 23.5 Å². The highest BCUT2D eigenvalue weighted by atomic mass is 35.5. The van der Waals surface area contributed by atoms with Crippen LogP contribution in [0.5, 0.6) is 0 Å². The number of likely N-dealkylation sites (tertiary alicyclic amines) is 1. The Morgan fingerprint density at radius 3 is 2.65 bits per heavy atom. The molecular weight excluding hydrogens is 288 g/mol. The Bertz CT molecular complexity index is 566. The number of carbonyl (C=O) groups excluding carboxylic acids is 1. The number of halogens is 3. The van der Waals surface area contributed by atoms with E-state index < -0.39 is 17.5 Å². The molecule has 3 rings (SSSR count). The van der Waals surface area contributed by atoms with Crippen LogP contribution >= 0.6 is 11.6 Å². The van der Waals surface area contributed by atoms with E-state index in [1.165, 1.54) is 0 Å². The van der Waals surface area contributed by atoms with Crippen LogP contribution in [0.2, 0.25) is 5.02 Å². The number of amides is 1. The van der Waals surface area contributed by atoms with Crippen LogP contribution in [0.4, 0.5) is 8.78 Å². The van der Waals surface area contributed by atoms with Crippen molar-refractivity contribution in [2.24, 2.45) is 11.8 Å². The number of aliphatic hydroxyl groups excluding tert-OH is 1. The zero-order valence-electron chi connectivity index (χ0n) is 10.7. The summed E-state index contributed by atoms with van der Waals surface area (Å²) in [4.78, 5) is 13.9. The predicted molar refractivity (Wildman–Crippen MR) is 69.5 cm³/mol. The van der Waals surface area contributed by atoms with Gasteiger partial charge in [0.25, 0.3) is 5.91 Å². The fourth-order valence-electron chi connectivity index (χ4n) is 3.26. The van der Waals surface area contributed by atoms with E-state index in [1.54, 1.807) is 4.90 Å². The Morgan fingerprint density at radius 2 is 1.95 bits per heavy atom. The average Bonchev–Trinajstić information content (AvgIpc) is 2.96. The van der Waals surface area contributed by atoms with Crippen molar-refractivity contribution >= 4 is 17.5 Å². The molecule has 3 unspecified atom stereocenters. The first-order chi connectivity index (χ1) is 9.47. The Morgan fingerprint density at radius 1 is 1.25 bits per heavy atom. The van der Waals surface area contributed by atoms with Gasteiger partial charge >= 0.3 is 0 Å². The second-order valence-electron chi connectivity index (χ2n) is 5.52. The molecule has 1 amide bonds. The van der Waals surface area contributed by atoms with Gasteiger partial charge in [-0.15, -0.1) is 0 Å². The van der Waals surface area contributed by atoms with E-state index in [2.05, 4.69) is 0 Å². The van der Waals surface area contributed by atoms with Gasteiger partial charge in [-0.2, -0.15) is 0 Å². The van der Waals surface area contributed by atoms with E-state index in [9.17, 15) is 18.7 Å². The molecule has 1 saturated heterocycles. The van der Waals surface area contributed by atoms with Crippen LogP contribution in [0.15, 0.2) is 12.1 Å². The van der Waals surface area contributed by atoms with Crippen molar-refractivity contribution < 1.29 is 18.7 Å². The maximum absolute atomic E-state index is 13.3. The van der Waals surface area contributed by atoms with Gasteiger partial charge in [0.2, 0.25) is 0 Å². The van der Waals surface area contributed by atoms with Gasteiger partial charge in [-0.3, -0.25) is 4.79 Å². The van der Waals surface area contributed by atoms with E-state index >= 15 is 0 Å². The number of hydrogen-bond donors (Lipinski definition) is 1. The molecule has 1 saturated carbocycles. The van der Waals surface area contributed by atoms with Crippen molar-refractivity contribution in [2.75, 3.05) is 13.1 Å². The molecule has 1 aliphatic heterocycles. The summed E-state index contributed by atoms with van der Waals surface area (Å²) in [6, 6.07) is 1.65. The Balaban J connectivity index is 1.82. The van der Waals surface area contributed by atoms with Gasteiger partial charge < -0.3 is 10.0 Å². The van der Waals surface area contributed by atoms with E-state index in [4.69, 9.17) is 11.6 Å². The summed E-state index contributed by atoms with van der Waals surface area (Å²) in [6.07, 6.45) is 1.28. The number of carbonyl (C=O) groups is 1. The second-order valence-corrected chi connectivity index (χ2v) is 5.93. The quantitative estimate of drug-likeness (QED) is 0.810. The smallest absolute Gasteiger partial charge is 0.255 e. The molecule has 0 radical (unpaired) electrons. The summed E-state index contributed by atoms with van der Waals surface area (Å²) in [5.74, 6) is -2.19. The van der Waals surface area contributed by atoms with Crippen LogP contribution in [0.1, 0.15) is 23.2 Å². The summed E-state index contributed by atoms with van der Waals surface area (Å²) in [5.41, 5.74) is -0.0278. The fraction of sp³-hybridized carbons (Fsp3) is 0.500. The van der Waals surface area contributed by atoms with Gasteiger partial charge in [0, 0.05) is 19.0 Å². The predicted octanol–water partition coefficient (Wildman–Crippen LogP) is 2.46. The number of hydrogen-bond acceptors (Lipinski definition) is 2. The van der Waals surface area contributed by atoms with Crippen molar-refractivity contribution in [3.63, 3.8) is 0 Å². The standard InChI is InChI=1S/C14H14ClF2NO2/c15-10-4-12(17)11(16)3-8(10)14(20)18-5-7-1-2-13(19)9(7)6-18/h3-4,7,9,13,19H,1-2,5-6H2. The second kappa shape index (κ2) is 4.97. The minimum absolute atomic E-state index is 0.0278. The van der Waals surface area contributed by atoms with Gasteiger partial charge in [0.05, 0.1) is 16.7 Å². The summed E-state index contributed by atoms with van der Waals surface area (Å²) in [6.45, 7) is 0.982. The molecule has 2 aliphatic rings. The first kappa shape index (κ1) is 13.8. The largest absolute Gasteiger partial charge is 0.393 e. The molecular formula is C14H14ClF2NO2. The van der Waals surface area contributed by atoms with Crippen molar-refractivity contribution in [3.8, 4) is 0 Å². The molecule has 0 spiro atoms. The lowest BCUT2D eigenvalue weighted by molar-refractivity contribution is 0.0752. The maximum Gasteiger partial charge on any atom is 0.255 e. The SMILES string of the molecule is O=C(c1cc(F)c(F)cc1Cl)N1CC2CCC(O)C2C1. The number of fused-ring (bicyclic) bond motifs is 1. The zero-order chi connectivity index (χ0) is 14.4. The highest BCUT2D eigenvalue weighted by Gasteiger charge is 2.43. The molecule has 108 valence electrons. The molecule has 1 aromatic rings. The molecule has 3 atom stereocenters. The third-order valence-corrected chi connectivity index (χ3v) is 4.66. The maximum atomic E-state index is 13.3. The molecule has 1 aromatic carbocycles. The molecule has 2 fully saturated rings. The molecule has 0 bridgehead atoms. The minimum atomic E-state index is -1.09. The van der Waals surface area contributed by atoms with Crippen LogP contribution in [-0.2, 0) is 0 Å². The van der Waals surface area contributed by atoms with Gasteiger partial charge in [-0.25, -0.2) is 8.78 Å². The first-order valence-corrected chi connectivity index (χ1v) is 6.97. The molecule has 1 heterocycles. The van der Waals surface area contributed by atoms with Gasteiger partial charge in [-0.1, -0.05) is 11.6 Å². The Kier molecular flexibility index (Phi) is 3.42. The van der Waals surface area contributed by atoms with Crippen molar-refractivity contribution in [1.29, 1.82) is 0 Å². The number of rotatable bonds is 1. The lowest BCUT2D eigenvalue weighted by atomic mass is 10.00. The van der Waals surface area contributed by atoms with Crippen LogP contribution in [-0.4, -0.2) is 35.1 Å². The lowest BCUT2D eigenvalue weighted by Gasteiger charge is -2.19.